The predicted octanol–water partition coefficient (Wildman–Crippen LogP) is 4.15. The van der Waals surface area contributed by atoms with E-state index in [1.807, 2.05) is 30.7 Å². The standard InChI is InChI=1S/C24H29N3O2/c1-16-6-9-20(10-7-16)15-27-19(4)23(18(3)26-27)24(28)25-13-12-21-14-17(2)8-11-22(21)29-5/h6-11,14H,12-13,15H2,1-5H3,(H,25,28). The number of hydrogen-bond donors (Lipinski definition) is 1. The van der Waals surface area contributed by atoms with Gasteiger partial charge in [0.05, 0.1) is 24.9 Å². The second-order valence-electron chi connectivity index (χ2n) is 7.51. The summed E-state index contributed by atoms with van der Waals surface area (Å²) in [7, 11) is 1.67. The smallest absolute Gasteiger partial charge is 0.255 e. The number of amides is 1. The quantitative estimate of drug-likeness (QED) is 0.658. The van der Waals surface area contributed by atoms with Crippen LogP contribution in [-0.4, -0.2) is 29.3 Å². The number of aromatic nitrogens is 2. The lowest BCUT2D eigenvalue weighted by Crippen LogP contribution is -2.27. The molecule has 152 valence electrons. The van der Waals surface area contributed by atoms with E-state index in [0.717, 1.165) is 22.7 Å². The van der Waals surface area contributed by atoms with Crippen LogP contribution in [0, 0.1) is 27.7 Å². The molecule has 2 aromatic carbocycles. The Kier molecular flexibility index (Phi) is 6.37. The zero-order valence-corrected chi connectivity index (χ0v) is 17.9. The Morgan fingerprint density at radius 2 is 1.72 bits per heavy atom. The molecule has 1 amide bonds. The van der Waals surface area contributed by atoms with Crippen molar-refractivity contribution >= 4 is 5.91 Å². The van der Waals surface area contributed by atoms with Gasteiger partial charge in [0.15, 0.2) is 0 Å². The molecule has 0 saturated heterocycles. The molecule has 29 heavy (non-hydrogen) atoms. The van der Waals surface area contributed by atoms with Gasteiger partial charge in [-0.1, -0.05) is 47.5 Å². The monoisotopic (exact) mass is 391 g/mol. The second kappa shape index (κ2) is 8.95. The van der Waals surface area contributed by atoms with Crippen molar-refractivity contribution in [3.8, 4) is 5.75 Å². The van der Waals surface area contributed by atoms with E-state index in [0.29, 0.717) is 25.1 Å². The summed E-state index contributed by atoms with van der Waals surface area (Å²) in [6.45, 7) is 9.16. The highest BCUT2D eigenvalue weighted by atomic mass is 16.5. The zero-order chi connectivity index (χ0) is 21.0. The van der Waals surface area contributed by atoms with Crippen LogP contribution >= 0.6 is 0 Å². The van der Waals surface area contributed by atoms with Crippen molar-refractivity contribution in [1.82, 2.24) is 15.1 Å². The Labute approximate surface area is 172 Å². The number of carbonyl (C=O) groups excluding carboxylic acids is 1. The summed E-state index contributed by atoms with van der Waals surface area (Å²) in [5.41, 5.74) is 6.96. The number of ether oxygens (including phenoxy) is 1. The van der Waals surface area contributed by atoms with E-state index in [1.54, 1.807) is 7.11 Å². The summed E-state index contributed by atoms with van der Waals surface area (Å²) < 4.78 is 7.32. The number of benzene rings is 2. The Balaban J connectivity index is 1.67. The molecule has 5 heteroatoms. The number of nitrogens with zero attached hydrogens (tertiary/aromatic N) is 2. The number of carbonyl (C=O) groups is 1. The molecule has 3 rings (SSSR count). The predicted molar refractivity (Wildman–Crippen MR) is 116 cm³/mol. The van der Waals surface area contributed by atoms with Crippen molar-refractivity contribution in [1.29, 1.82) is 0 Å². The summed E-state index contributed by atoms with van der Waals surface area (Å²) in [5, 5.41) is 7.63. The summed E-state index contributed by atoms with van der Waals surface area (Å²) in [6.07, 6.45) is 0.714. The highest BCUT2D eigenvalue weighted by molar-refractivity contribution is 5.96. The molecule has 0 atom stereocenters. The van der Waals surface area contributed by atoms with Gasteiger partial charge in [-0.05, 0) is 51.3 Å². The molecule has 0 radical (unpaired) electrons. The van der Waals surface area contributed by atoms with E-state index in [9.17, 15) is 4.79 Å². The maximum atomic E-state index is 12.8. The van der Waals surface area contributed by atoms with Gasteiger partial charge in [0.2, 0.25) is 0 Å². The van der Waals surface area contributed by atoms with Crippen molar-refractivity contribution in [3.63, 3.8) is 0 Å². The van der Waals surface area contributed by atoms with Crippen LogP contribution in [0.2, 0.25) is 0 Å². The third-order valence-corrected chi connectivity index (χ3v) is 5.18. The molecular formula is C24H29N3O2. The van der Waals surface area contributed by atoms with Crippen molar-refractivity contribution in [2.45, 2.75) is 40.7 Å². The van der Waals surface area contributed by atoms with Crippen LogP contribution in [0.4, 0.5) is 0 Å². The van der Waals surface area contributed by atoms with Gasteiger partial charge in [0.1, 0.15) is 5.75 Å². The van der Waals surface area contributed by atoms with Crippen molar-refractivity contribution in [2.75, 3.05) is 13.7 Å². The van der Waals surface area contributed by atoms with Gasteiger partial charge < -0.3 is 10.1 Å². The Hall–Kier alpha value is -3.08. The molecule has 0 aliphatic rings. The van der Waals surface area contributed by atoms with Gasteiger partial charge in [0.25, 0.3) is 5.91 Å². The normalized spacial score (nSPS) is 10.8. The molecule has 1 aromatic heterocycles. The topological polar surface area (TPSA) is 56.1 Å². The number of methoxy groups -OCH3 is 1. The maximum absolute atomic E-state index is 12.8. The molecule has 5 nitrogen and oxygen atoms in total. The third-order valence-electron chi connectivity index (χ3n) is 5.18. The van der Waals surface area contributed by atoms with Crippen LogP contribution in [0.3, 0.4) is 0 Å². The molecule has 0 bridgehead atoms. The van der Waals surface area contributed by atoms with Crippen LogP contribution in [-0.2, 0) is 13.0 Å². The van der Waals surface area contributed by atoms with E-state index in [1.165, 1.54) is 16.7 Å². The summed E-state index contributed by atoms with van der Waals surface area (Å²) >= 11 is 0. The first-order valence-corrected chi connectivity index (χ1v) is 9.90. The summed E-state index contributed by atoms with van der Waals surface area (Å²) in [5.74, 6) is 0.768. The Bertz CT molecular complexity index is 1000. The van der Waals surface area contributed by atoms with E-state index in [4.69, 9.17) is 4.74 Å². The fraction of sp³-hybridized carbons (Fsp3) is 0.333. The van der Waals surface area contributed by atoms with Crippen LogP contribution in [0.5, 0.6) is 5.75 Å². The van der Waals surface area contributed by atoms with Gasteiger partial charge in [-0.25, -0.2) is 0 Å². The van der Waals surface area contributed by atoms with Gasteiger partial charge in [-0.3, -0.25) is 9.48 Å². The first-order valence-electron chi connectivity index (χ1n) is 9.90. The van der Waals surface area contributed by atoms with Crippen molar-refractivity contribution in [2.24, 2.45) is 0 Å². The average molecular weight is 392 g/mol. The highest BCUT2D eigenvalue weighted by Gasteiger charge is 2.18. The zero-order valence-electron chi connectivity index (χ0n) is 17.9. The number of rotatable bonds is 7. The largest absolute Gasteiger partial charge is 0.496 e. The number of nitrogens with one attached hydrogen (secondary N) is 1. The van der Waals surface area contributed by atoms with Gasteiger partial charge in [0, 0.05) is 12.2 Å². The first kappa shape index (κ1) is 20.6. The molecule has 0 fully saturated rings. The minimum absolute atomic E-state index is 0.0817. The molecule has 0 saturated carbocycles. The fourth-order valence-electron chi connectivity index (χ4n) is 3.55. The fourth-order valence-corrected chi connectivity index (χ4v) is 3.55. The SMILES string of the molecule is COc1ccc(C)cc1CCNC(=O)c1c(C)nn(Cc2ccc(C)cc2)c1C. The van der Waals surface area contributed by atoms with Gasteiger partial charge in [-0.15, -0.1) is 0 Å². The lowest BCUT2D eigenvalue weighted by atomic mass is 10.1. The van der Waals surface area contributed by atoms with Crippen molar-refractivity contribution < 1.29 is 9.53 Å². The molecule has 0 unspecified atom stereocenters. The summed E-state index contributed by atoms with van der Waals surface area (Å²) in [6, 6.07) is 14.5. The van der Waals surface area contributed by atoms with Crippen LogP contribution in [0.15, 0.2) is 42.5 Å². The molecule has 0 aliphatic heterocycles. The minimum atomic E-state index is -0.0817. The summed E-state index contributed by atoms with van der Waals surface area (Å²) in [4.78, 5) is 12.8. The van der Waals surface area contributed by atoms with E-state index in [2.05, 4.69) is 54.6 Å². The number of aryl methyl sites for hydroxylation is 3. The molecule has 1 N–H and O–H groups in total. The van der Waals surface area contributed by atoms with Crippen molar-refractivity contribution in [3.05, 3.63) is 81.7 Å². The molecular weight excluding hydrogens is 362 g/mol. The lowest BCUT2D eigenvalue weighted by molar-refractivity contribution is 0.0952. The van der Waals surface area contributed by atoms with Gasteiger partial charge >= 0.3 is 0 Å². The maximum Gasteiger partial charge on any atom is 0.255 e. The van der Waals surface area contributed by atoms with E-state index >= 15 is 0 Å². The molecule has 3 aromatic rings. The first-order chi connectivity index (χ1) is 13.9. The van der Waals surface area contributed by atoms with Crippen LogP contribution in [0.25, 0.3) is 0 Å². The average Bonchev–Trinajstić information content (AvgIpc) is 2.97. The Morgan fingerprint density at radius 1 is 1.03 bits per heavy atom. The molecule has 1 heterocycles. The highest BCUT2D eigenvalue weighted by Crippen LogP contribution is 2.20. The number of hydrogen-bond acceptors (Lipinski definition) is 3. The van der Waals surface area contributed by atoms with E-state index < -0.39 is 0 Å². The minimum Gasteiger partial charge on any atom is -0.496 e. The van der Waals surface area contributed by atoms with E-state index in [-0.39, 0.29) is 5.91 Å². The van der Waals surface area contributed by atoms with Crippen LogP contribution < -0.4 is 10.1 Å². The molecule has 0 spiro atoms. The van der Waals surface area contributed by atoms with Crippen LogP contribution in [0.1, 0.15) is 44.0 Å². The molecule has 0 aliphatic carbocycles. The lowest BCUT2D eigenvalue weighted by Gasteiger charge is -2.11. The Morgan fingerprint density at radius 3 is 2.41 bits per heavy atom. The van der Waals surface area contributed by atoms with Gasteiger partial charge in [-0.2, -0.15) is 5.10 Å². The third kappa shape index (κ3) is 4.86. The second-order valence-corrected chi connectivity index (χ2v) is 7.51.